The molecule has 1 aromatic carbocycles. The molecule has 1 atom stereocenters. The smallest absolute Gasteiger partial charge is 0.373 e. The van der Waals surface area contributed by atoms with Crippen LogP contribution in [-0.2, 0) is 9.59 Å². The maximum atomic E-state index is 12.6. The van der Waals surface area contributed by atoms with Crippen molar-refractivity contribution in [3.05, 3.63) is 45.2 Å². The number of nitrogens with one attached hydrogen (secondary N) is 1. The predicted octanol–water partition coefficient (Wildman–Crippen LogP) is 1.30. The van der Waals surface area contributed by atoms with E-state index in [1.54, 1.807) is 37.3 Å². The van der Waals surface area contributed by atoms with Crippen LogP contribution in [0.3, 0.4) is 0 Å². The molecule has 13 nitrogen and oxygen atoms in total. The molecule has 1 aliphatic rings. The van der Waals surface area contributed by atoms with Gasteiger partial charge in [0, 0.05) is 31.2 Å². The zero-order chi connectivity index (χ0) is 24.8. The molecule has 2 heterocycles. The van der Waals surface area contributed by atoms with Gasteiger partial charge < -0.3 is 25.7 Å². The molecule has 1 fully saturated rings. The highest BCUT2D eigenvalue weighted by Gasteiger charge is 2.38. The molecule has 0 aliphatic carbocycles. The summed E-state index contributed by atoms with van der Waals surface area (Å²) in [6.45, 7) is 0.00485. The van der Waals surface area contributed by atoms with E-state index in [1.165, 1.54) is 11.1 Å². The number of rotatable bonds is 9. The SMILES string of the molecule is CN(C)N=Cc1cc(Cl)ccc1Oc1ncnc(N2CCCC2C(=O)NCC(N)=O)c1[N+](=O)[O-]. The molecule has 0 radical (unpaired) electrons. The van der Waals surface area contributed by atoms with E-state index in [1.807, 2.05) is 0 Å². The average molecular weight is 491 g/mol. The topological polar surface area (TPSA) is 169 Å². The Hall–Kier alpha value is -4.00. The minimum atomic E-state index is -0.765. The summed E-state index contributed by atoms with van der Waals surface area (Å²) in [6, 6.07) is 3.94. The molecule has 1 aliphatic heterocycles. The molecule has 3 rings (SSSR count). The molecule has 1 aromatic heterocycles. The fraction of sp³-hybridized carbons (Fsp3) is 0.350. The van der Waals surface area contributed by atoms with Crippen molar-refractivity contribution in [2.75, 3.05) is 32.1 Å². The Kier molecular flexibility index (Phi) is 7.79. The molecule has 2 aromatic rings. The average Bonchev–Trinajstić information content (AvgIpc) is 3.27. The molecule has 1 saturated heterocycles. The van der Waals surface area contributed by atoms with Crippen LogP contribution in [0.15, 0.2) is 29.6 Å². The lowest BCUT2D eigenvalue weighted by atomic mass is 10.2. The van der Waals surface area contributed by atoms with Gasteiger partial charge in [0.2, 0.25) is 17.6 Å². The fourth-order valence-corrected chi connectivity index (χ4v) is 3.56. The van der Waals surface area contributed by atoms with Crippen LogP contribution in [0.2, 0.25) is 5.02 Å². The Balaban J connectivity index is 1.98. The summed E-state index contributed by atoms with van der Waals surface area (Å²) in [5.41, 5.74) is 5.06. The summed E-state index contributed by atoms with van der Waals surface area (Å²) in [7, 11) is 3.46. The lowest BCUT2D eigenvalue weighted by Crippen LogP contribution is -2.46. The Bertz CT molecular complexity index is 1130. The Morgan fingerprint density at radius 3 is 2.88 bits per heavy atom. The Morgan fingerprint density at radius 1 is 1.44 bits per heavy atom. The molecule has 2 amide bonds. The molecular weight excluding hydrogens is 468 g/mol. The third kappa shape index (κ3) is 5.86. The van der Waals surface area contributed by atoms with Gasteiger partial charge in [-0.25, -0.2) is 4.98 Å². The van der Waals surface area contributed by atoms with Crippen LogP contribution in [0, 0.1) is 10.1 Å². The fourth-order valence-electron chi connectivity index (χ4n) is 3.38. The maximum absolute atomic E-state index is 12.6. The van der Waals surface area contributed by atoms with Gasteiger partial charge in [0.05, 0.1) is 17.7 Å². The summed E-state index contributed by atoms with van der Waals surface area (Å²) < 4.78 is 5.81. The molecule has 1 unspecified atom stereocenters. The van der Waals surface area contributed by atoms with Crippen molar-refractivity contribution in [1.29, 1.82) is 0 Å². The molecule has 3 N–H and O–H groups in total. The van der Waals surface area contributed by atoms with E-state index in [0.717, 1.165) is 6.33 Å². The highest BCUT2D eigenvalue weighted by Crippen LogP contribution is 2.39. The number of nitrogens with two attached hydrogens (primary N) is 1. The summed E-state index contributed by atoms with van der Waals surface area (Å²) in [5.74, 6) is -1.31. The van der Waals surface area contributed by atoms with Crippen LogP contribution in [0.4, 0.5) is 11.5 Å². The number of halogens is 1. The number of hydrogen-bond acceptors (Lipinski definition) is 10. The van der Waals surface area contributed by atoms with Gasteiger partial charge in [-0.2, -0.15) is 10.1 Å². The van der Waals surface area contributed by atoms with Gasteiger partial charge in [0.25, 0.3) is 0 Å². The minimum absolute atomic E-state index is 0.0656. The second-order valence-electron chi connectivity index (χ2n) is 7.52. The quantitative estimate of drug-likeness (QED) is 0.298. The zero-order valence-electron chi connectivity index (χ0n) is 18.5. The number of anilines is 1. The standard InChI is InChI=1S/C20H23ClN8O5/c1-27(2)26-9-12-8-13(21)5-6-15(12)34-20-17(29(32)33)18(24-11-25-20)28-7-3-4-14(28)19(31)23-10-16(22)30/h5-6,8-9,11,14H,3-4,7,10H2,1-2H3,(H2,22,30)(H,23,31). The Labute approximate surface area is 199 Å². The minimum Gasteiger partial charge on any atom is -0.433 e. The largest absolute Gasteiger partial charge is 0.433 e. The number of ether oxygens (including phenoxy) is 1. The number of carbonyl (C=O) groups is 2. The molecule has 180 valence electrons. The van der Waals surface area contributed by atoms with E-state index >= 15 is 0 Å². The molecule has 0 saturated carbocycles. The van der Waals surface area contributed by atoms with E-state index < -0.39 is 28.5 Å². The summed E-state index contributed by atoms with van der Waals surface area (Å²) >= 11 is 6.08. The molecule has 14 heteroatoms. The highest BCUT2D eigenvalue weighted by atomic mass is 35.5. The molecule has 0 bridgehead atoms. The van der Waals surface area contributed by atoms with E-state index in [2.05, 4.69) is 20.4 Å². The van der Waals surface area contributed by atoms with Crippen LogP contribution in [0.1, 0.15) is 18.4 Å². The lowest BCUT2D eigenvalue weighted by Gasteiger charge is -2.24. The highest BCUT2D eigenvalue weighted by molar-refractivity contribution is 6.30. The third-order valence-corrected chi connectivity index (χ3v) is 5.06. The van der Waals surface area contributed by atoms with Crippen molar-refractivity contribution < 1.29 is 19.2 Å². The second-order valence-corrected chi connectivity index (χ2v) is 7.96. The number of nitro groups is 1. The van der Waals surface area contributed by atoms with Crippen molar-refractivity contribution in [3.63, 3.8) is 0 Å². The Morgan fingerprint density at radius 2 is 2.21 bits per heavy atom. The van der Waals surface area contributed by atoms with Gasteiger partial charge in [-0.1, -0.05) is 11.6 Å². The van der Waals surface area contributed by atoms with Crippen LogP contribution < -0.4 is 20.7 Å². The van der Waals surface area contributed by atoms with Gasteiger partial charge >= 0.3 is 11.6 Å². The zero-order valence-corrected chi connectivity index (χ0v) is 19.2. The normalized spacial score (nSPS) is 15.4. The molecular formula is C20H23ClN8O5. The van der Waals surface area contributed by atoms with Gasteiger partial charge in [0.1, 0.15) is 18.1 Å². The van der Waals surface area contributed by atoms with Crippen LogP contribution in [0.25, 0.3) is 0 Å². The second kappa shape index (κ2) is 10.7. The van der Waals surface area contributed by atoms with Crippen LogP contribution in [-0.4, -0.2) is 71.2 Å². The first-order valence-corrected chi connectivity index (χ1v) is 10.6. The first-order valence-electron chi connectivity index (χ1n) is 10.2. The monoisotopic (exact) mass is 490 g/mol. The van der Waals surface area contributed by atoms with Crippen molar-refractivity contribution in [1.82, 2.24) is 20.3 Å². The van der Waals surface area contributed by atoms with Crippen molar-refractivity contribution in [3.8, 4) is 11.6 Å². The summed E-state index contributed by atoms with van der Waals surface area (Å²) in [6.07, 6.45) is 3.63. The van der Waals surface area contributed by atoms with Gasteiger partial charge in [-0.15, -0.1) is 0 Å². The third-order valence-electron chi connectivity index (χ3n) is 4.82. The van der Waals surface area contributed by atoms with Crippen molar-refractivity contribution in [2.45, 2.75) is 18.9 Å². The summed E-state index contributed by atoms with van der Waals surface area (Å²) in [4.78, 5) is 44.5. The first-order chi connectivity index (χ1) is 16.2. The van der Waals surface area contributed by atoms with Crippen LogP contribution in [0.5, 0.6) is 11.6 Å². The number of amides is 2. The first kappa shape index (κ1) is 24.6. The van der Waals surface area contributed by atoms with Crippen molar-refractivity contribution >= 4 is 41.1 Å². The van der Waals surface area contributed by atoms with E-state index in [0.29, 0.717) is 30.0 Å². The molecule has 0 spiro atoms. The number of aromatic nitrogens is 2. The number of primary amides is 1. The number of carbonyl (C=O) groups excluding carboxylic acids is 2. The van der Waals surface area contributed by atoms with E-state index in [-0.39, 0.29) is 24.0 Å². The summed E-state index contributed by atoms with van der Waals surface area (Å²) in [5, 5.41) is 20.6. The number of nitrogens with zero attached hydrogens (tertiary/aromatic N) is 6. The lowest BCUT2D eigenvalue weighted by molar-refractivity contribution is -0.385. The predicted molar refractivity (Wildman–Crippen MR) is 124 cm³/mol. The molecule has 34 heavy (non-hydrogen) atoms. The maximum Gasteiger partial charge on any atom is 0.373 e. The van der Waals surface area contributed by atoms with Crippen LogP contribution >= 0.6 is 11.6 Å². The van der Waals surface area contributed by atoms with Gasteiger partial charge in [-0.3, -0.25) is 19.7 Å². The number of benzene rings is 1. The van der Waals surface area contributed by atoms with Gasteiger partial charge in [0.15, 0.2) is 0 Å². The number of hydrazone groups is 1. The van der Waals surface area contributed by atoms with E-state index in [4.69, 9.17) is 22.1 Å². The van der Waals surface area contributed by atoms with Gasteiger partial charge in [-0.05, 0) is 31.0 Å². The van der Waals surface area contributed by atoms with E-state index in [9.17, 15) is 19.7 Å². The number of hydrogen-bond donors (Lipinski definition) is 2. The van der Waals surface area contributed by atoms with Crippen molar-refractivity contribution in [2.24, 2.45) is 10.8 Å².